The molecule has 15 heavy (non-hydrogen) atoms. The van der Waals surface area contributed by atoms with Crippen molar-refractivity contribution in [2.45, 2.75) is 0 Å². The molecule has 0 aliphatic rings. The SMILES string of the molecule is NS(=O)(=O)Nc1cccc([N+](=O)[O-])c1Cl. The van der Waals surface area contributed by atoms with Gasteiger partial charge in [-0.1, -0.05) is 17.7 Å². The van der Waals surface area contributed by atoms with Crippen LogP contribution in [0, 0.1) is 10.1 Å². The van der Waals surface area contributed by atoms with Gasteiger partial charge in [-0.2, -0.15) is 8.42 Å². The van der Waals surface area contributed by atoms with Gasteiger partial charge < -0.3 is 0 Å². The molecule has 0 saturated carbocycles. The van der Waals surface area contributed by atoms with Crippen molar-refractivity contribution < 1.29 is 13.3 Å². The van der Waals surface area contributed by atoms with Gasteiger partial charge in [0.1, 0.15) is 5.02 Å². The van der Waals surface area contributed by atoms with Crippen LogP contribution in [0.3, 0.4) is 0 Å². The van der Waals surface area contributed by atoms with E-state index in [9.17, 15) is 18.5 Å². The lowest BCUT2D eigenvalue weighted by Gasteiger charge is -2.05. The molecule has 0 spiro atoms. The molecule has 9 heteroatoms. The van der Waals surface area contributed by atoms with Gasteiger partial charge in [0.25, 0.3) is 15.9 Å². The van der Waals surface area contributed by atoms with Gasteiger partial charge in [0.05, 0.1) is 10.6 Å². The molecule has 3 N–H and O–H groups in total. The highest BCUT2D eigenvalue weighted by atomic mass is 35.5. The normalized spacial score (nSPS) is 11.1. The molecule has 0 unspecified atom stereocenters. The first-order valence-electron chi connectivity index (χ1n) is 3.54. The molecule has 0 heterocycles. The van der Waals surface area contributed by atoms with E-state index in [-0.39, 0.29) is 10.7 Å². The lowest BCUT2D eigenvalue weighted by atomic mass is 10.3. The number of hydrogen-bond acceptors (Lipinski definition) is 4. The number of nitrogens with two attached hydrogens (primary N) is 1. The number of benzene rings is 1. The Morgan fingerprint density at radius 2 is 2.07 bits per heavy atom. The largest absolute Gasteiger partial charge is 0.296 e. The summed E-state index contributed by atoms with van der Waals surface area (Å²) in [6.45, 7) is 0. The molecule has 0 amide bonds. The monoisotopic (exact) mass is 251 g/mol. The van der Waals surface area contributed by atoms with Crippen molar-refractivity contribution in [3.63, 3.8) is 0 Å². The van der Waals surface area contributed by atoms with Crippen LogP contribution < -0.4 is 9.86 Å². The molecular weight excluding hydrogens is 246 g/mol. The number of nitro benzene ring substituents is 1. The van der Waals surface area contributed by atoms with E-state index in [2.05, 4.69) is 0 Å². The fourth-order valence-electron chi connectivity index (χ4n) is 0.893. The lowest BCUT2D eigenvalue weighted by Crippen LogP contribution is -2.21. The highest BCUT2D eigenvalue weighted by Gasteiger charge is 2.17. The van der Waals surface area contributed by atoms with Crippen LogP contribution in [0.1, 0.15) is 0 Å². The van der Waals surface area contributed by atoms with Crippen LogP contribution in [0.4, 0.5) is 11.4 Å². The van der Waals surface area contributed by atoms with E-state index < -0.39 is 20.8 Å². The van der Waals surface area contributed by atoms with Gasteiger partial charge in [-0.25, -0.2) is 5.14 Å². The highest BCUT2D eigenvalue weighted by molar-refractivity contribution is 7.90. The minimum absolute atomic E-state index is 0.131. The zero-order valence-electron chi connectivity index (χ0n) is 7.18. The van der Waals surface area contributed by atoms with E-state index in [0.29, 0.717) is 0 Å². The molecule has 1 rings (SSSR count). The van der Waals surface area contributed by atoms with Gasteiger partial charge in [-0.05, 0) is 6.07 Å². The van der Waals surface area contributed by atoms with E-state index in [1.54, 1.807) is 0 Å². The van der Waals surface area contributed by atoms with E-state index in [0.717, 1.165) is 6.07 Å². The van der Waals surface area contributed by atoms with Crippen LogP contribution in [0.15, 0.2) is 18.2 Å². The van der Waals surface area contributed by atoms with Crippen molar-refractivity contribution in [1.82, 2.24) is 0 Å². The number of halogens is 1. The Morgan fingerprint density at radius 1 is 1.47 bits per heavy atom. The first-order valence-corrected chi connectivity index (χ1v) is 5.47. The number of nitrogens with zero attached hydrogens (tertiary/aromatic N) is 1. The molecule has 1 aromatic rings. The predicted octanol–water partition coefficient (Wildman–Crippen LogP) is 0.864. The number of nitro groups is 1. The van der Waals surface area contributed by atoms with Crippen molar-refractivity contribution in [2.24, 2.45) is 5.14 Å². The van der Waals surface area contributed by atoms with E-state index in [1.807, 2.05) is 4.72 Å². The van der Waals surface area contributed by atoms with E-state index in [1.165, 1.54) is 12.1 Å². The third-order valence-corrected chi connectivity index (χ3v) is 2.33. The zero-order valence-corrected chi connectivity index (χ0v) is 8.75. The van der Waals surface area contributed by atoms with Crippen molar-refractivity contribution in [2.75, 3.05) is 4.72 Å². The maximum Gasteiger partial charge on any atom is 0.296 e. The smallest absolute Gasteiger partial charge is 0.269 e. The van der Waals surface area contributed by atoms with Crippen LogP contribution in [0.25, 0.3) is 0 Å². The molecule has 82 valence electrons. The average Bonchev–Trinajstić information content (AvgIpc) is 2.05. The standard InChI is InChI=1S/C6H6ClN3O4S/c7-6-4(9-15(8,13)14)2-1-3-5(6)10(11)12/h1-3,9H,(H2,8,13,14). The Hall–Kier alpha value is -1.38. The van der Waals surface area contributed by atoms with E-state index >= 15 is 0 Å². The molecule has 0 radical (unpaired) electrons. The third-order valence-electron chi connectivity index (χ3n) is 1.43. The van der Waals surface area contributed by atoms with Crippen molar-refractivity contribution in [1.29, 1.82) is 0 Å². The average molecular weight is 252 g/mol. The summed E-state index contributed by atoms with van der Waals surface area (Å²) >= 11 is 5.59. The van der Waals surface area contributed by atoms with E-state index in [4.69, 9.17) is 16.7 Å². The summed E-state index contributed by atoms with van der Waals surface area (Å²) < 4.78 is 23.2. The van der Waals surface area contributed by atoms with Crippen LogP contribution in [-0.4, -0.2) is 13.3 Å². The molecule has 0 saturated heterocycles. The number of hydrogen-bond donors (Lipinski definition) is 2. The van der Waals surface area contributed by atoms with Crippen molar-refractivity contribution >= 4 is 33.2 Å². The van der Waals surface area contributed by atoms with Crippen LogP contribution in [0.2, 0.25) is 5.02 Å². The van der Waals surface area contributed by atoms with Crippen molar-refractivity contribution in [3.05, 3.63) is 33.3 Å². The summed E-state index contributed by atoms with van der Waals surface area (Å²) in [5.41, 5.74) is -0.529. The summed E-state index contributed by atoms with van der Waals surface area (Å²) in [4.78, 5) is 9.73. The molecule has 0 atom stereocenters. The van der Waals surface area contributed by atoms with Crippen molar-refractivity contribution in [3.8, 4) is 0 Å². The number of anilines is 1. The van der Waals surface area contributed by atoms with Crippen LogP contribution in [-0.2, 0) is 10.2 Å². The second-order valence-electron chi connectivity index (χ2n) is 2.54. The van der Waals surface area contributed by atoms with Crippen LogP contribution in [0.5, 0.6) is 0 Å². The number of rotatable bonds is 3. The first-order chi connectivity index (χ1) is 6.81. The lowest BCUT2D eigenvalue weighted by molar-refractivity contribution is -0.384. The van der Waals surface area contributed by atoms with Gasteiger partial charge >= 0.3 is 0 Å². The highest BCUT2D eigenvalue weighted by Crippen LogP contribution is 2.31. The summed E-state index contributed by atoms with van der Waals surface area (Å²) in [6, 6.07) is 3.70. The Kier molecular flexibility index (Phi) is 3.12. The minimum atomic E-state index is -4.00. The second kappa shape index (κ2) is 4.01. The summed E-state index contributed by atoms with van der Waals surface area (Å²) in [5, 5.41) is 14.8. The van der Waals surface area contributed by atoms with Gasteiger partial charge in [0, 0.05) is 6.07 Å². The predicted molar refractivity (Wildman–Crippen MR) is 54.8 cm³/mol. The van der Waals surface area contributed by atoms with Crippen LogP contribution >= 0.6 is 11.6 Å². The van der Waals surface area contributed by atoms with Gasteiger partial charge in [-0.15, -0.1) is 0 Å². The van der Waals surface area contributed by atoms with Gasteiger partial charge in [0.2, 0.25) is 0 Å². The minimum Gasteiger partial charge on any atom is -0.269 e. The third kappa shape index (κ3) is 3.05. The summed E-state index contributed by atoms with van der Waals surface area (Å²) in [7, 11) is -4.00. The Bertz CT molecular complexity index is 501. The molecule has 1 aromatic carbocycles. The molecule has 0 aliphatic heterocycles. The zero-order chi connectivity index (χ0) is 11.6. The Balaban J connectivity index is 3.22. The Labute approximate surface area is 90.2 Å². The first kappa shape index (κ1) is 11.7. The maximum atomic E-state index is 10.7. The number of nitrogens with one attached hydrogen (secondary N) is 1. The maximum absolute atomic E-state index is 10.7. The molecule has 7 nitrogen and oxygen atoms in total. The van der Waals surface area contributed by atoms with Gasteiger partial charge in [-0.3, -0.25) is 14.8 Å². The molecule has 0 bridgehead atoms. The molecule has 0 aromatic heterocycles. The Morgan fingerprint density at radius 3 is 2.53 bits per heavy atom. The summed E-state index contributed by atoms with van der Waals surface area (Å²) in [6.07, 6.45) is 0. The quantitative estimate of drug-likeness (QED) is 0.612. The molecule has 0 fully saturated rings. The fourth-order valence-corrected chi connectivity index (χ4v) is 1.67. The van der Waals surface area contributed by atoms with Gasteiger partial charge in [0.15, 0.2) is 0 Å². The second-order valence-corrected chi connectivity index (χ2v) is 4.21. The fraction of sp³-hybridized carbons (Fsp3) is 0. The molecular formula is C6H6ClN3O4S. The summed E-state index contributed by atoms with van der Waals surface area (Å²) in [5.74, 6) is 0. The topological polar surface area (TPSA) is 115 Å². The molecule has 0 aliphatic carbocycles.